The van der Waals surface area contributed by atoms with Crippen LogP contribution < -0.4 is 5.32 Å². The summed E-state index contributed by atoms with van der Waals surface area (Å²) in [5.41, 5.74) is 0.172. The Bertz CT molecular complexity index is 441. The third kappa shape index (κ3) is 4.87. The second kappa shape index (κ2) is 6.00. The molecule has 1 N–H and O–H groups in total. The highest BCUT2D eigenvalue weighted by atomic mass is 79.9. The van der Waals surface area contributed by atoms with Crippen LogP contribution in [0.15, 0.2) is 35.5 Å². The number of amides is 1. The summed E-state index contributed by atoms with van der Waals surface area (Å²) in [5.74, 6) is 0. The van der Waals surface area contributed by atoms with E-state index in [1.807, 2.05) is 39.0 Å². The van der Waals surface area contributed by atoms with Gasteiger partial charge in [-0.3, -0.25) is 0 Å². The second-order valence-corrected chi connectivity index (χ2v) is 5.56. The number of carbonyl (C=O) groups is 1. The van der Waals surface area contributed by atoms with Gasteiger partial charge in [0.05, 0.1) is 11.7 Å². The highest BCUT2D eigenvalue weighted by Gasteiger charge is 2.19. The Labute approximate surface area is 116 Å². The van der Waals surface area contributed by atoms with Gasteiger partial charge in [-0.05, 0) is 48.8 Å². The predicted molar refractivity (Wildman–Crippen MR) is 74.2 cm³/mol. The number of carbonyl (C=O) groups excluding carboxylic acids is 1. The van der Waals surface area contributed by atoms with Gasteiger partial charge in [-0.2, -0.15) is 0 Å². The zero-order chi connectivity index (χ0) is 13.8. The summed E-state index contributed by atoms with van der Waals surface area (Å²) < 4.78 is 5.89. The van der Waals surface area contributed by atoms with Crippen molar-refractivity contribution in [1.82, 2.24) is 10.3 Å². The molecule has 1 amide bonds. The van der Waals surface area contributed by atoms with Crippen molar-refractivity contribution in [2.45, 2.75) is 32.4 Å². The molecule has 0 fully saturated rings. The molecule has 0 aliphatic heterocycles. The predicted octanol–water partition coefficient (Wildman–Crippen LogP) is 3.60. The first-order valence-corrected chi connectivity index (χ1v) is 6.35. The van der Waals surface area contributed by atoms with Crippen LogP contribution in [0.3, 0.4) is 0 Å². The SMILES string of the molecule is C=C[C@H](NC(=O)OC(C)(C)C)c1cccc(Br)n1. The molecule has 4 nitrogen and oxygen atoms in total. The van der Waals surface area contributed by atoms with Gasteiger partial charge in [-0.25, -0.2) is 9.78 Å². The fraction of sp³-hybridized carbons (Fsp3) is 0.385. The minimum absolute atomic E-state index is 0.377. The Kier molecular flexibility index (Phi) is 4.90. The fourth-order valence-corrected chi connectivity index (χ4v) is 1.64. The summed E-state index contributed by atoms with van der Waals surface area (Å²) in [7, 11) is 0. The first-order chi connectivity index (χ1) is 8.31. The average molecular weight is 313 g/mol. The van der Waals surface area contributed by atoms with E-state index in [2.05, 4.69) is 32.8 Å². The minimum atomic E-state index is -0.527. The van der Waals surface area contributed by atoms with E-state index in [-0.39, 0.29) is 6.04 Å². The van der Waals surface area contributed by atoms with Gasteiger partial charge in [-0.15, -0.1) is 6.58 Å². The molecule has 0 aliphatic rings. The summed E-state index contributed by atoms with van der Waals surface area (Å²) in [6.45, 7) is 9.13. The van der Waals surface area contributed by atoms with Gasteiger partial charge < -0.3 is 10.1 Å². The quantitative estimate of drug-likeness (QED) is 0.685. The van der Waals surface area contributed by atoms with Gasteiger partial charge >= 0.3 is 6.09 Å². The third-order valence-electron chi connectivity index (χ3n) is 1.96. The number of aromatic nitrogens is 1. The molecule has 1 rings (SSSR count). The third-order valence-corrected chi connectivity index (χ3v) is 2.40. The molecule has 0 saturated carbocycles. The van der Waals surface area contributed by atoms with Gasteiger partial charge in [0.1, 0.15) is 10.2 Å². The van der Waals surface area contributed by atoms with Crippen LogP contribution in [0, 0.1) is 0 Å². The molecule has 0 aliphatic carbocycles. The number of halogens is 1. The van der Waals surface area contributed by atoms with E-state index < -0.39 is 11.7 Å². The Balaban J connectivity index is 2.74. The minimum Gasteiger partial charge on any atom is -0.444 e. The molecule has 0 aromatic carbocycles. The monoisotopic (exact) mass is 312 g/mol. The van der Waals surface area contributed by atoms with E-state index in [1.165, 1.54) is 0 Å². The van der Waals surface area contributed by atoms with Crippen LogP contribution in [0.25, 0.3) is 0 Å². The van der Waals surface area contributed by atoms with E-state index in [0.717, 1.165) is 0 Å². The Hall–Kier alpha value is -1.36. The Morgan fingerprint density at radius 1 is 1.56 bits per heavy atom. The first-order valence-electron chi connectivity index (χ1n) is 5.56. The molecule has 1 aromatic heterocycles. The second-order valence-electron chi connectivity index (χ2n) is 4.74. The van der Waals surface area contributed by atoms with Crippen molar-refractivity contribution in [1.29, 1.82) is 0 Å². The number of hydrogen-bond acceptors (Lipinski definition) is 3. The largest absolute Gasteiger partial charge is 0.444 e. The summed E-state index contributed by atoms with van der Waals surface area (Å²) in [4.78, 5) is 15.9. The lowest BCUT2D eigenvalue weighted by Crippen LogP contribution is -2.34. The topological polar surface area (TPSA) is 51.2 Å². The van der Waals surface area contributed by atoms with Crippen molar-refractivity contribution in [3.05, 3.63) is 41.2 Å². The number of hydrogen-bond donors (Lipinski definition) is 1. The van der Waals surface area contributed by atoms with Gasteiger partial charge in [0.15, 0.2) is 0 Å². The van der Waals surface area contributed by atoms with Gasteiger partial charge in [0.25, 0.3) is 0 Å². The zero-order valence-electron chi connectivity index (χ0n) is 10.7. The smallest absolute Gasteiger partial charge is 0.408 e. The summed E-state index contributed by atoms with van der Waals surface area (Å²) in [6, 6.07) is 5.10. The molecule has 18 heavy (non-hydrogen) atoms. The molecule has 0 bridgehead atoms. The maximum atomic E-state index is 11.7. The molecule has 0 spiro atoms. The van der Waals surface area contributed by atoms with Gasteiger partial charge in [0.2, 0.25) is 0 Å². The Morgan fingerprint density at radius 2 is 2.22 bits per heavy atom. The van der Waals surface area contributed by atoms with Crippen molar-refractivity contribution >= 4 is 22.0 Å². The molecular weight excluding hydrogens is 296 g/mol. The lowest BCUT2D eigenvalue weighted by Gasteiger charge is -2.22. The van der Waals surface area contributed by atoms with Crippen LogP contribution in [0.2, 0.25) is 0 Å². The van der Waals surface area contributed by atoms with Crippen LogP contribution in [-0.2, 0) is 4.74 Å². The molecule has 0 unspecified atom stereocenters. The molecule has 1 atom stereocenters. The van der Waals surface area contributed by atoms with Crippen LogP contribution in [0.4, 0.5) is 4.79 Å². The van der Waals surface area contributed by atoms with E-state index in [9.17, 15) is 4.79 Å². The summed E-state index contributed by atoms with van der Waals surface area (Å²) in [5, 5.41) is 2.70. The zero-order valence-corrected chi connectivity index (χ0v) is 12.3. The number of alkyl carbamates (subject to hydrolysis) is 1. The molecule has 1 aromatic rings. The number of rotatable bonds is 3. The summed E-state index contributed by atoms with van der Waals surface area (Å²) in [6.07, 6.45) is 1.12. The lowest BCUT2D eigenvalue weighted by molar-refractivity contribution is 0.0513. The molecule has 5 heteroatoms. The van der Waals surface area contributed by atoms with Crippen LogP contribution in [0.1, 0.15) is 32.5 Å². The average Bonchev–Trinajstić information content (AvgIpc) is 2.23. The summed E-state index contributed by atoms with van der Waals surface area (Å²) >= 11 is 3.29. The van der Waals surface area contributed by atoms with Crippen molar-refractivity contribution < 1.29 is 9.53 Å². The highest BCUT2D eigenvalue weighted by molar-refractivity contribution is 9.10. The van der Waals surface area contributed by atoms with E-state index >= 15 is 0 Å². The molecule has 0 saturated heterocycles. The van der Waals surface area contributed by atoms with Gasteiger partial charge in [0, 0.05) is 0 Å². The maximum absolute atomic E-state index is 11.7. The Morgan fingerprint density at radius 3 is 2.72 bits per heavy atom. The fourth-order valence-electron chi connectivity index (χ4n) is 1.29. The number of nitrogens with one attached hydrogen (secondary N) is 1. The standard InChI is InChI=1S/C13H17BrN2O2/c1-5-9(10-7-6-8-11(14)15-10)16-12(17)18-13(2,3)4/h5-9H,1H2,2-4H3,(H,16,17)/t9-/m0/s1. The highest BCUT2D eigenvalue weighted by Crippen LogP contribution is 2.16. The number of nitrogens with zero attached hydrogens (tertiary/aromatic N) is 1. The maximum Gasteiger partial charge on any atom is 0.408 e. The molecular formula is C13H17BrN2O2. The van der Waals surface area contributed by atoms with Crippen LogP contribution in [0.5, 0.6) is 0 Å². The van der Waals surface area contributed by atoms with Crippen LogP contribution >= 0.6 is 15.9 Å². The molecule has 98 valence electrons. The van der Waals surface area contributed by atoms with Crippen LogP contribution in [-0.4, -0.2) is 16.7 Å². The van der Waals surface area contributed by atoms with Crippen molar-refractivity contribution in [2.24, 2.45) is 0 Å². The van der Waals surface area contributed by atoms with E-state index in [4.69, 9.17) is 4.74 Å². The number of pyridine rings is 1. The van der Waals surface area contributed by atoms with Gasteiger partial charge in [-0.1, -0.05) is 12.1 Å². The first kappa shape index (κ1) is 14.7. The van der Waals surface area contributed by atoms with Crippen molar-refractivity contribution in [3.63, 3.8) is 0 Å². The lowest BCUT2D eigenvalue weighted by atomic mass is 10.2. The van der Waals surface area contributed by atoms with Crippen molar-refractivity contribution in [3.8, 4) is 0 Å². The van der Waals surface area contributed by atoms with E-state index in [0.29, 0.717) is 10.3 Å². The van der Waals surface area contributed by atoms with Crippen molar-refractivity contribution in [2.75, 3.05) is 0 Å². The molecule has 1 heterocycles. The van der Waals surface area contributed by atoms with E-state index in [1.54, 1.807) is 6.08 Å². The molecule has 0 radical (unpaired) electrons. The number of ether oxygens (including phenoxy) is 1. The normalized spacial score (nSPS) is 12.7.